The maximum Gasteiger partial charge on any atom is 0.335 e. The molecule has 0 saturated heterocycles. The van der Waals surface area contributed by atoms with E-state index in [0.717, 1.165) is 37.9 Å². The first kappa shape index (κ1) is 16.5. The molecule has 0 aliphatic rings. The summed E-state index contributed by atoms with van der Waals surface area (Å²) in [5, 5.41) is 16.7. The van der Waals surface area contributed by atoms with Gasteiger partial charge >= 0.3 is 5.97 Å². The van der Waals surface area contributed by atoms with Gasteiger partial charge in [-0.15, -0.1) is 0 Å². The van der Waals surface area contributed by atoms with E-state index < -0.39 is 5.97 Å². The van der Waals surface area contributed by atoms with Crippen LogP contribution in [0.5, 0.6) is 0 Å². The quantitative estimate of drug-likeness (QED) is 0.410. The SMILES string of the molecule is NSNCCCCCC(=O)Nc1ccc(C(=O)O)cc1. The molecule has 0 aliphatic carbocycles. The average molecular weight is 297 g/mol. The minimum Gasteiger partial charge on any atom is -0.478 e. The van der Waals surface area contributed by atoms with Crippen molar-refractivity contribution in [1.82, 2.24) is 4.72 Å². The second-order valence-electron chi connectivity index (χ2n) is 4.25. The van der Waals surface area contributed by atoms with Crippen molar-refractivity contribution in [1.29, 1.82) is 0 Å². The molecule has 0 heterocycles. The van der Waals surface area contributed by atoms with Crippen LogP contribution in [0.3, 0.4) is 0 Å². The number of rotatable bonds is 9. The fraction of sp³-hybridized carbons (Fsp3) is 0.385. The molecule has 5 N–H and O–H groups in total. The molecule has 0 spiro atoms. The van der Waals surface area contributed by atoms with Crippen molar-refractivity contribution < 1.29 is 14.7 Å². The molecule has 0 unspecified atom stereocenters. The summed E-state index contributed by atoms with van der Waals surface area (Å²) in [5.41, 5.74) is 0.814. The minimum atomic E-state index is -0.980. The molecule has 1 amide bonds. The number of nitrogens with one attached hydrogen (secondary N) is 2. The molecular weight excluding hydrogens is 278 g/mol. The summed E-state index contributed by atoms with van der Waals surface area (Å²) in [6.07, 6.45) is 3.20. The van der Waals surface area contributed by atoms with Gasteiger partial charge in [0.05, 0.1) is 5.56 Å². The summed E-state index contributed by atoms with van der Waals surface area (Å²) < 4.78 is 2.94. The number of unbranched alkanes of at least 4 members (excludes halogenated alkanes) is 2. The number of amides is 1. The third-order valence-corrected chi connectivity index (χ3v) is 3.05. The number of carbonyl (C=O) groups is 2. The van der Waals surface area contributed by atoms with E-state index in [2.05, 4.69) is 10.0 Å². The van der Waals surface area contributed by atoms with E-state index in [0.29, 0.717) is 12.1 Å². The Morgan fingerprint density at radius 3 is 2.45 bits per heavy atom. The van der Waals surface area contributed by atoms with Crippen LogP contribution in [0.25, 0.3) is 0 Å². The van der Waals surface area contributed by atoms with Crippen LogP contribution in [0.2, 0.25) is 0 Å². The highest BCUT2D eigenvalue weighted by Gasteiger charge is 2.04. The Morgan fingerprint density at radius 1 is 1.15 bits per heavy atom. The summed E-state index contributed by atoms with van der Waals surface area (Å²) >= 11 is 1.10. The first-order valence-electron chi connectivity index (χ1n) is 6.35. The lowest BCUT2D eigenvalue weighted by atomic mass is 10.1. The lowest BCUT2D eigenvalue weighted by Crippen LogP contribution is -2.12. The Hall–Kier alpha value is -1.57. The first-order chi connectivity index (χ1) is 9.63. The highest BCUT2D eigenvalue weighted by molar-refractivity contribution is 7.95. The van der Waals surface area contributed by atoms with Crippen LogP contribution in [0.1, 0.15) is 36.0 Å². The number of benzene rings is 1. The van der Waals surface area contributed by atoms with Gasteiger partial charge in [0.2, 0.25) is 5.91 Å². The number of hydrogen-bond donors (Lipinski definition) is 4. The van der Waals surface area contributed by atoms with E-state index in [1.54, 1.807) is 12.1 Å². The summed E-state index contributed by atoms with van der Waals surface area (Å²) in [7, 11) is 0. The molecule has 0 aromatic heterocycles. The van der Waals surface area contributed by atoms with Gasteiger partial charge in [0.1, 0.15) is 0 Å². The maximum atomic E-state index is 11.7. The van der Waals surface area contributed by atoms with E-state index in [1.807, 2.05) is 0 Å². The molecule has 0 saturated carbocycles. The summed E-state index contributed by atoms with van der Waals surface area (Å²) in [6.45, 7) is 0.833. The zero-order valence-electron chi connectivity index (χ0n) is 11.1. The van der Waals surface area contributed by atoms with Crippen molar-refractivity contribution in [2.75, 3.05) is 11.9 Å². The fourth-order valence-electron chi connectivity index (χ4n) is 1.64. The molecule has 110 valence electrons. The number of carboxylic acids is 1. The van der Waals surface area contributed by atoms with Crippen molar-refractivity contribution >= 4 is 29.7 Å². The van der Waals surface area contributed by atoms with Gasteiger partial charge in [-0.25, -0.2) is 4.79 Å². The van der Waals surface area contributed by atoms with Crippen LogP contribution in [-0.2, 0) is 4.79 Å². The number of nitrogens with two attached hydrogens (primary N) is 1. The fourth-order valence-corrected chi connectivity index (χ4v) is 1.90. The zero-order chi connectivity index (χ0) is 14.8. The number of carbonyl (C=O) groups excluding carboxylic acids is 1. The largest absolute Gasteiger partial charge is 0.478 e. The molecule has 20 heavy (non-hydrogen) atoms. The Kier molecular flexibility index (Phi) is 7.71. The van der Waals surface area contributed by atoms with Crippen LogP contribution < -0.4 is 15.2 Å². The Morgan fingerprint density at radius 2 is 1.85 bits per heavy atom. The molecular formula is C13H19N3O3S. The van der Waals surface area contributed by atoms with Crippen molar-refractivity contribution in [3.63, 3.8) is 0 Å². The van der Waals surface area contributed by atoms with Gasteiger partial charge in [-0.2, -0.15) is 0 Å². The van der Waals surface area contributed by atoms with Gasteiger partial charge in [-0.05, 0) is 37.1 Å². The molecule has 0 radical (unpaired) electrons. The number of hydrogen-bond acceptors (Lipinski definition) is 5. The average Bonchev–Trinajstić information content (AvgIpc) is 2.43. The predicted octanol–water partition coefficient (Wildman–Crippen LogP) is 2.00. The third kappa shape index (κ3) is 6.55. The van der Waals surface area contributed by atoms with Gasteiger partial charge in [-0.1, -0.05) is 6.42 Å². The van der Waals surface area contributed by atoms with Crippen molar-refractivity contribution in [3.05, 3.63) is 29.8 Å². The second-order valence-corrected chi connectivity index (χ2v) is 4.78. The van der Waals surface area contributed by atoms with Crippen LogP contribution in [0, 0.1) is 0 Å². The van der Waals surface area contributed by atoms with E-state index in [4.69, 9.17) is 10.2 Å². The van der Waals surface area contributed by atoms with Crippen LogP contribution >= 0.6 is 12.1 Å². The molecule has 0 bridgehead atoms. The van der Waals surface area contributed by atoms with E-state index in [9.17, 15) is 9.59 Å². The third-order valence-electron chi connectivity index (χ3n) is 2.68. The first-order valence-corrected chi connectivity index (χ1v) is 7.23. The summed E-state index contributed by atoms with van der Waals surface area (Å²) in [4.78, 5) is 22.3. The number of anilines is 1. The predicted molar refractivity (Wildman–Crippen MR) is 80.3 cm³/mol. The smallest absolute Gasteiger partial charge is 0.335 e. The van der Waals surface area contributed by atoms with Crippen LogP contribution in [0.4, 0.5) is 5.69 Å². The molecule has 1 aromatic carbocycles. The topological polar surface area (TPSA) is 104 Å². The molecule has 0 aliphatic heterocycles. The van der Waals surface area contributed by atoms with Crippen LogP contribution in [0.15, 0.2) is 24.3 Å². The van der Waals surface area contributed by atoms with Crippen molar-refractivity contribution in [3.8, 4) is 0 Å². The monoisotopic (exact) mass is 297 g/mol. The molecule has 1 rings (SSSR count). The van der Waals surface area contributed by atoms with Crippen molar-refractivity contribution in [2.45, 2.75) is 25.7 Å². The number of carboxylic acid groups (broad SMARTS) is 1. The zero-order valence-corrected chi connectivity index (χ0v) is 11.9. The molecule has 0 atom stereocenters. The van der Waals surface area contributed by atoms with E-state index in [-0.39, 0.29) is 11.5 Å². The van der Waals surface area contributed by atoms with Gasteiger partial charge in [0, 0.05) is 30.8 Å². The van der Waals surface area contributed by atoms with Gasteiger partial charge in [-0.3, -0.25) is 14.7 Å². The minimum absolute atomic E-state index is 0.0609. The lowest BCUT2D eigenvalue weighted by molar-refractivity contribution is -0.116. The van der Waals surface area contributed by atoms with Crippen LogP contribution in [-0.4, -0.2) is 23.5 Å². The Bertz CT molecular complexity index is 437. The van der Waals surface area contributed by atoms with E-state index in [1.165, 1.54) is 12.1 Å². The molecule has 1 aromatic rings. The molecule has 0 fully saturated rings. The lowest BCUT2D eigenvalue weighted by Gasteiger charge is -2.05. The highest BCUT2D eigenvalue weighted by Crippen LogP contribution is 2.10. The normalized spacial score (nSPS) is 10.2. The molecule has 7 heteroatoms. The van der Waals surface area contributed by atoms with Gasteiger partial charge in [0.25, 0.3) is 0 Å². The highest BCUT2D eigenvalue weighted by atomic mass is 32.2. The molecule has 6 nitrogen and oxygen atoms in total. The van der Waals surface area contributed by atoms with E-state index >= 15 is 0 Å². The second kappa shape index (κ2) is 9.35. The van der Waals surface area contributed by atoms with Crippen molar-refractivity contribution in [2.24, 2.45) is 5.14 Å². The Labute approximate surface area is 122 Å². The summed E-state index contributed by atoms with van der Waals surface area (Å²) in [6, 6.07) is 6.11. The maximum absolute atomic E-state index is 11.7. The van der Waals surface area contributed by atoms with Gasteiger partial charge in [0.15, 0.2) is 0 Å². The van der Waals surface area contributed by atoms with Gasteiger partial charge < -0.3 is 10.4 Å². The standard InChI is InChI=1S/C13H19N3O3S/c14-20-15-9-3-1-2-4-12(17)16-11-7-5-10(6-8-11)13(18)19/h5-8,15H,1-4,9,14H2,(H,16,17)(H,18,19). The Balaban J connectivity index is 2.23. The number of aromatic carboxylic acids is 1. The summed E-state index contributed by atoms with van der Waals surface area (Å²) in [5.74, 6) is -1.04.